The van der Waals surface area contributed by atoms with Gasteiger partial charge < -0.3 is 10.1 Å². The highest BCUT2D eigenvalue weighted by atomic mass is 32.1. The minimum atomic E-state index is -0.517. The second kappa shape index (κ2) is 11.5. The number of nitrogens with one attached hydrogen (secondary N) is 2. The summed E-state index contributed by atoms with van der Waals surface area (Å²) in [5.74, 6) is -0.945. The van der Waals surface area contributed by atoms with Gasteiger partial charge in [0.2, 0.25) is 0 Å². The lowest BCUT2D eigenvalue weighted by atomic mass is 10.1. The number of carbonyl (C=O) groups excluding carboxylic acids is 2. The van der Waals surface area contributed by atoms with Crippen molar-refractivity contribution in [3.05, 3.63) is 86.9 Å². The Morgan fingerprint density at radius 3 is 2.49 bits per heavy atom. The monoisotopic (exact) mass is 536 g/mol. The molecule has 0 saturated heterocycles. The van der Waals surface area contributed by atoms with Crippen LogP contribution in [0.4, 0.5) is 32.2 Å². The highest BCUT2D eigenvalue weighted by molar-refractivity contribution is 7.20. The maximum Gasteiger partial charge on any atom is 0.341 e. The molecule has 11 nitrogen and oxygen atoms in total. The molecule has 2 N–H and O–H groups in total. The van der Waals surface area contributed by atoms with Gasteiger partial charge in [-0.25, -0.2) is 9.78 Å². The average molecular weight is 537 g/mol. The molecule has 0 atom stereocenters. The zero-order valence-electron chi connectivity index (χ0n) is 19.6. The van der Waals surface area contributed by atoms with Crippen molar-refractivity contribution in [3.8, 4) is 0 Å². The second-order valence-electron chi connectivity index (χ2n) is 7.40. The molecule has 0 bridgehead atoms. The first-order chi connectivity index (χ1) is 17.9. The lowest BCUT2D eigenvalue weighted by Gasteiger charge is -2.07. The average Bonchev–Trinajstić information content (AvgIpc) is 3.47. The number of nitro groups is 1. The van der Waals surface area contributed by atoms with Crippen molar-refractivity contribution < 1.29 is 19.2 Å². The number of thiazole rings is 1. The molecule has 0 aliphatic rings. The predicted octanol–water partition coefficient (Wildman–Crippen LogP) is 7.01. The minimum absolute atomic E-state index is 0.0427. The second-order valence-corrected chi connectivity index (χ2v) is 9.43. The van der Waals surface area contributed by atoms with Crippen LogP contribution >= 0.6 is 22.7 Å². The number of ether oxygens (including phenoxy) is 1. The van der Waals surface area contributed by atoms with Crippen LogP contribution in [0, 0.1) is 17.0 Å². The number of carbonyl (C=O) groups is 2. The van der Waals surface area contributed by atoms with E-state index >= 15 is 0 Å². The summed E-state index contributed by atoms with van der Waals surface area (Å²) in [6, 6.07) is 14.9. The van der Waals surface area contributed by atoms with Crippen LogP contribution in [0.2, 0.25) is 0 Å². The summed E-state index contributed by atoms with van der Waals surface area (Å²) in [5, 5.41) is 26.0. The topological polar surface area (TPSA) is 148 Å². The quantitative estimate of drug-likeness (QED) is 0.101. The van der Waals surface area contributed by atoms with E-state index < -0.39 is 16.8 Å². The first-order valence-corrected chi connectivity index (χ1v) is 12.5. The fourth-order valence-corrected chi connectivity index (χ4v) is 4.94. The molecule has 0 aliphatic carbocycles. The number of benzene rings is 2. The predicted molar refractivity (Wildman–Crippen MR) is 142 cm³/mol. The number of nitro benzene ring substituents is 1. The number of rotatable bonds is 9. The zero-order chi connectivity index (χ0) is 26.4. The van der Waals surface area contributed by atoms with E-state index in [-0.39, 0.29) is 12.3 Å². The van der Waals surface area contributed by atoms with E-state index in [1.54, 1.807) is 13.8 Å². The third-order valence-electron chi connectivity index (χ3n) is 4.90. The van der Waals surface area contributed by atoms with Crippen LogP contribution in [0.1, 0.15) is 32.5 Å². The van der Waals surface area contributed by atoms with Gasteiger partial charge in [0.1, 0.15) is 5.00 Å². The summed E-state index contributed by atoms with van der Waals surface area (Å²) in [6.45, 7) is 3.62. The number of esters is 1. The fraction of sp³-hybridized carbons (Fsp3) is 0.125. The molecule has 0 aliphatic heterocycles. The molecule has 4 rings (SSSR count). The van der Waals surface area contributed by atoms with Crippen LogP contribution in [-0.4, -0.2) is 28.4 Å². The lowest BCUT2D eigenvalue weighted by Crippen LogP contribution is -2.12. The molecule has 1 amide bonds. The summed E-state index contributed by atoms with van der Waals surface area (Å²) < 4.78 is 5.21. The zero-order valence-corrected chi connectivity index (χ0v) is 21.3. The third kappa shape index (κ3) is 6.20. The van der Waals surface area contributed by atoms with Gasteiger partial charge in [0, 0.05) is 17.8 Å². The molecule has 37 heavy (non-hydrogen) atoms. The van der Waals surface area contributed by atoms with Crippen LogP contribution in [-0.2, 0) is 4.74 Å². The molecule has 2 aromatic heterocycles. The summed E-state index contributed by atoms with van der Waals surface area (Å²) in [5.41, 5.74) is 1.96. The minimum Gasteiger partial charge on any atom is -0.462 e. The van der Waals surface area contributed by atoms with Crippen molar-refractivity contribution in [3.63, 3.8) is 0 Å². The SMILES string of the molecule is CCOC(=O)c1c(Nc2ccccc2)sc(C(=O)Nc2ncc(N=Nc3ccc([N+](=O)[O-])cc3)s2)c1C. The van der Waals surface area contributed by atoms with Gasteiger partial charge in [-0.15, -0.1) is 21.6 Å². The number of amides is 1. The number of nitrogens with zero attached hydrogens (tertiary/aromatic N) is 4. The smallest absolute Gasteiger partial charge is 0.341 e. The Hall–Kier alpha value is -4.49. The third-order valence-corrected chi connectivity index (χ3v) is 6.91. The summed E-state index contributed by atoms with van der Waals surface area (Å²) in [6.07, 6.45) is 1.45. The number of para-hydroxylation sites is 1. The highest BCUT2D eigenvalue weighted by Crippen LogP contribution is 2.37. The molecule has 188 valence electrons. The Morgan fingerprint density at radius 1 is 1.08 bits per heavy atom. The first-order valence-electron chi connectivity index (χ1n) is 10.9. The Balaban J connectivity index is 1.51. The van der Waals surface area contributed by atoms with E-state index in [4.69, 9.17) is 4.74 Å². The standard InChI is InChI=1S/C24H20N6O5S2/c1-3-35-23(32)19-14(2)20(37-22(19)26-15-7-5-4-6-8-15)21(31)27-24-25-13-18(36-24)29-28-16-9-11-17(12-10-16)30(33)34/h4-13,26H,3H2,1-2H3,(H,25,27,31). The largest absolute Gasteiger partial charge is 0.462 e. The molecular weight excluding hydrogens is 516 g/mol. The summed E-state index contributed by atoms with van der Waals surface area (Å²) in [7, 11) is 0. The van der Waals surface area contributed by atoms with Gasteiger partial charge in [-0.1, -0.05) is 29.5 Å². The number of non-ortho nitro benzene ring substituents is 1. The van der Waals surface area contributed by atoms with Crippen molar-refractivity contribution in [2.24, 2.45) is 10.2 Å². The van der Waals surface area contributed by atoms with E-state index in [0.717, 1.165) is 28.4 Å². The number of azo groups is 1. The Morgan fingerprint density at radius 2 is 1.81 bits per heavy atom. The lowest BCUT2D eigenvalue weighted by molar-refractivity contribution is -0.384. The van der Waals surface area contributed by atoms with Crippen molar-refractivity contribution in [2.75, 3.05) is 17.2 Å². The van der Waals surface area contributed by atoms with Crippen molar-refractivity contribution >= 4 is 66.7 Å². The van der Waals surface area contributed by atoms with Gasteiger partial charge >= 0.3 is 5.97 Å². The molecule has 2 aromatic carbocycles. The maximum atomic E-state index is 13.1. The van der Waals surface area contributed by atoms with Crippen LogP contribution in [0.5, 0.6) is 0 Å². The Bertz CT molecular complexity index is 1460. The van der Waals surface area contributed by atoms with E-state index in [1.165, 1.54) is 30.5 Å². The van der Waals surface area contributed by atoms with Crippen molar-refractivity contribution in [1.82, 2.24) is 4.98 Å². The molecule has 0 fully saturated rings. The van der Waals surface area contributed by atoms with Gasteiger partial charge in [0.15, 0.2) is 10.1 Å². The Kier molecular flexibility index (Phi) is 7.95. The van der Waals surface area contributed by atoms with Gasteiger partial charge in [0.25, 0.3) is 11.6 Å². The summed E-state index contributed by atoms with van der Waals surface area (Å²) in [4.78, 5) is 40.5. The number of aromatic nitrogens is 1. The molecule has 2 heterocycles. The number of hydrogen-bond donors (Lipinski definition) is 2. The molecule has 4 aromatic rings. The first kappa shape index (κ1) is 25.6. The molecule has 0 unspecified atom stereocenters. The number of hydrogen-bond acceptors (Lipinski definition) is 11. The van der Waals surface area contributed by atoms with Gasteiger partial charge in [-0.05, 0) is 43.7 Å². The van der Waals surface area contributed by atoms with Crippen LogP contribution < -0.4 is 10.6 Å². The molecule has 13 heteroatoms. The highest BCUT2D eigenvalue weighted by Gasteiger charge is 2.26. The maximum absolute atomic E-state index is 13.1. The van der Waals surface area contributed by atoms with Crippen molar-refractivity contribution in [2.45, 2.75) is 13.8 Å². The number of anilines is 3. The van der Waals surface area contributed by atoms with Crippen LogP contribution in [0.3, 0.4) is 0 Å². The van der Waals surface area contributed by atoms with Crippen molar-refractivity contribution in [1.29, 1.82) is 0 Å². The Labute approximate surface area is 219 Å². The normalized spacial score (nSPS) is 10.9. The molecule has 0 radical (unpaired) electrons. The fourth-order valence-electron chi connectivity index (χ4n) is 3.19. The van der Waals surface area contributed by atoms with Crippen LogP contribution in [0.25, 0.3) is 0 Å². The summed E-state index contributed by atoms with van der Waals surface area (Å²) >= 11 is 2.25. The van der Waals surface area contributed by atoms with E-state index in [0.29, 0.717) is 36.8 Å². The van der Waals surface area contributed by atoms with E-state index in [1.807, 2.05) is 30.3 Å². The van der Waals surface area contributed by atoms with Gasteiger partial charge in [-0.3, -0.25) is 20.2 Å². The van der Waals surface area contributed by atoms with E-state index in [2.05, 4.69) is 25.8 Å². The van der Waals surface area contributed by atoms with Crippen LogP contribution in [0.15, 0.2) is 71.0 Å². The molecule has 0 saturated carbocycles. The van der Waals surface area contributed by atoms with Gasteiger partial charge in [-0.2, -0.15) is 0 Å². The molecule has 0 spiro atoms. The molecular formula is C24H20N6O5S2. The van der Waals surface area contributed by atoms with Gasteiger partial charge in [0.05, 0.1) is 33.9 Å². The van der Waals surface area contributed by atoms with E-state index in [9.17, 15) is 19.7 Å². The number of thiophene rings is 1.